The molecule has 106 valence electrons. The van der Waals surface area contributed by atoms with Crippen LogP contribution in [0.3, 0.4) is 0 Å². The van der Waals surface area contributed by atoms with Gasteiger partial charge in [0.15, 0.2) is 5.82 Å². The third-order valence-electron chi connectivity index (χ3n) is 3.34. The van der Waals surface area contributed by atoms with Gasteiger partial charge in [-0.15, -0.1) is 0 Å². The minimum absolute atomic E-state index is 0.303. The summed E-state index contributed by atoms with van der Waals surface area (Å²) in [6, 6.07) is 12.9. The Morgan fingerprint density at radius 2 is 1.76 bits per heavy atom. The van der Waals surface area contributed by atoms with Crippen molar-refractivity contribution < 1.29 is 4.39 Å². The third-order valence-corrected chi connectivity index (χ3v) is 3.95. The molecule has 0 aliphatic rings. The Bertz CT molecular complexity index is 794. The van der Waals surface area contributed by atoms with Crippen LogP contribution in [0, 0.1) is 12.7 Å². The number of hydrogen-bond acceptors (Lipinski definition) is 2. The van der Waals surface area contributed by atoms with Gasteiger partial charge in [0.1, 0.15) is 5.82 Å². The molecule has 3 rings (SSSR count). The Hall–Kier alpha value is -2.14. The van der Waals surface area contributed by atoms with Gasteiger partial charge in [0.25, 0.3) is 0 Å². The lowest BCUT2D eigenvalue weighted by Gasteiger charge is -2.06. The van der Waals surface area contributed by atoms with Gasteiger partial charge in [0.2, 0.25) is 0 Å². The lowest BCUT2D eigenvalue weighted by atomic mass is 10.00. The van der Waals surface area contributed by atoms with Crippen LogP contribution < -0.4 is 5.73 Å². The maximum Gasteiger partial charge on any atom is 0.153 e. The molecule has 2 aromatic carbocycles. The monoisotopic (exact) mass is 345 g/mol. The Morgan fingerprint density at radius 3 is 2.43 bits per heavy atom. The molecule has 0 aliphatic heterocycles. The van der Waals surface area contributed by atoms with E-state index in [0.717, 1.165) is 22.4 Å². The van der Waals surface area contributed by atoms with Crippen molar-refractivity contribution in [3.63, 3.8) is 0 Å². The van der Waals surface area contributed by atoms with Crippen molar-refractivity contribution in [1.82, 2.24) is 10.2 Å². The maximum atomic E-state index is 13.4. The number of rotatable bonds is 2. The lowest BCUT2D eigenvalue weighted by molar-refractivity contribution is 0.621. The highest BCUT2D eigenvalue weighted by molar-refractivity contribution is 9.10. The van der Waals surface area contributed by atoms with Gasteiger partial charge in [-0.05, 0) is 46.6 Å². The van der Waals surface area contributed by atoms with Gasteiger partial charge in [-0.2, -0.15) is 5.10 Å². The van der Waals surface area contributed by atoms with Crippen LogP contribution in [-0.4, -0.2) is 10.2 Å². The molecule has 3 nitrogen and oxygen atoms in total. The van der Waals surface area contributed by atoms with Crippen LogP contribution in [0.15, 0.2) is 46.9 Å². The molecule has 1 aromatic heterocycles. The summed E-state index contributed by atoms with van der Waals surface area (Å²) in [7, 11) is 0. The van der Waals surface area contributed by atoms with Crippen LogP contribution in [0.5, 0.6) is 0 Å². The van der Waals surface area contributed by atoms with E-state index >= 15 is 0 Å². The summed E-state index contributed by atoms with van der Waals surface area (Å²) in [5, 5.41) is 7.02. The number of nitrogen functional groups attached to an aromatic ring is 1. The number of halogens is 2. The highest BCUT2D eigenvalue weighted by Crippen LogP contribution is 2.35. The van der Waals surface area contributed by atoms with Gasteiger partial charge in [0.05, 0.1) is 15.7 Å². The molecule has 0 radical (unpaired) electrons. The zero-order valence-electron chi connectivity index (χ0n) is 11.3. The summed E-state index contributed by atoms with van der Waals surface area (Å²) < 4.78 is 13.8. The minimum atomic E-state index is -0.303. The number of benzene rings is 2. The van der Waals surface area contributed by atoms with Gasteiger partial charge < -0.3 is 5.73 Å². The molecule has 0 unspecified atom stereocenters. The smallest absolute Gasteiger partial charge is 0.153 e. The molecule has 0 atom stereocenters. The van der Waals surface area contributed by atoms with Gasteiger partial charge in [0, 0.05) is 5.56 Å². The summed E-state index contributed by atoms with van der Waals surface area (Å²) >= 11 is 3.20. The van der Waals surface area contributed by atoms with Crippen molar-refractivity contribution >= 4 is 21.7 Å². The van der Waals surface area contributed by atoms with Crippen LogP contribution >= 0.6 is 15.9 Å². The predicted molar refractivity (Wildman–Crippen MR) is 86.3 cm³/mol. The topological polar surface area (TPSA) is 54.7 Å². The summed E-state index contributed by atoms with van der Waals surface area (Å²) in [5.74, 6) is 0.123. The summed E-state index contributed by atoms with van der Waals surface area (Å²) in [5.41, 5.74) is 10.6. The van der Waals surface area contributed by atoms with Crippen molar-refractivity contribution in [3.05, 3.63) is 58.3 Å². The molecule has 0 saturated carbocycles. The third kappa shape index (κ3) is 2.56. The van der Waals surface area contributed by atoms with Crippen LogP contribution in [0.25, 0.3) is 22.4 Å². The average Bonchev–Trinajstić information content (AvgIpc) is 2.85. The quantitative estimate of drug-likeness (QED) is 0.716. The molecule has 0 spiro atoms. The first-order valence-corrected chi connectivity index (χ1v) is 7.22. The second kappa shape index (κ2) is 5.33. The Labute approximate surface area is 130 Å². The highest BCUT2D eigenvalue weighted by Gasteiger charge is 2.15. The van der Waals surface area contributed by atoms with Crippen LogP contribution in [0.4, 0.5) is 10.2 Å². The number of H-pyrrole nitrogens is 1. The van der Waals surface area contributed by atoms with Gasteiger partial charge in [-0.3, -0.25) is 5.10 Å². The Morgan fingerprint density at radius 1 is 1.10 bits per heavy atom. The molecule has 0 bridgehead atoms. The molecule has 1 heterocycles. The Balaban J connectivity index is 2.16. The fourth-order valence-electron chi connectivity index (χ4n) is 2.23. The number of nitrogens with two attached hydrogens (primary N) is 1. The largest absolute Gasteiger partial charge is 0.382 e. The van der Waals surface area contributed by atoms with E-state index in [1.165, 1.54) is 11.6 Å². The zero-order valence-corrected chi connectivity index (χ0v) is 12.9. The van der Waals surface area contributed by atoms with Crippen molar-refractivity contribution in [2.75, 3.05) is 5.73 Å². The van der Waals surface area contributed by atoms with Crippen molar-refractivity contribution in [3.8, 4) is 22.4 Å². The van der Waals surface area contributed by atoms with E-state index in [2.05, 4.69) is 26.1 Å². The predicted octanol–water partition coefficient (Wildman–Crippen LogP) is 4.54. The molecule has 0 saturated heterocycles. The van der Waals surface area contributed by atoms with Crippen LogP contribution in [0.1, 0.15) is 5.56 Å². The number of anilines is 1. The first-order valence-electron chi connectivity index (χ1n) is 6.42. The first-order chi connectivity index (χ1) is 10.1. The SMILES string of the molecule is Cc1ccc(-c2c(N)n[nH]c2-c2ccc(F)c(Br)c2)cc1. The van der Waals surface area contributed by atoms with Crippen LogP contribution in [-0.2, 0) is 0 Å². The number of hydrogen-bond donors (Lipinski definition) is 2. The molecule has 5 heteroatoms. The van der Waals surface area contributed by atoms with E-state index in [1.807, 2.05) is 31.2 Å². The molecule has 3 aromatic rings. The molecule has 0 amide bonds. The first kappa shape index (κ1) is 13.8. The number of nitrogens with zero attached hydrogens (tertiary/aromatic N) is 1. The fraction of sp³-hybridized carbons (Fsp3) is 0.0625. The molecule has 21 heavy (non-hydrogen) atoms. The van der Waals surface area contributed by atoms with Crippen LogP contribution in [0.2, 0.25) is 0 Å². The molecule has 0 fully saturated rings. The minimum Gasteiger partial charge on any atom is -0.382 e. The maximum absolute atomic E-state index is 13.4. The van der Waals surface area contributed by atoms with Gasteiger partial charge in [-0.25, -0.2) is 4.39 Å². The fourth-order valence-corrected chi connectivity index (χ4v) is 2.61. The highest BCUT2D eigenvalue weighted by atomic mass is 79.9. The zero-order chi connectivity index (χ0) is 15.0. The second-order valence-electron chi connectivity index (χ2n) is 4.85. The standard InChI is InChI=1S/C16H13BrFN3/c1-9-2-4-10(5-3-9)14-15(20-21-16(14)19)11-6-7-13(18)12(17)8-11/h2-8H,1H3,(H3,19,20,21). The average molecular weight is 346 g/mol. The van der Waals surface area contributed by atoms with E-state index in [4.69, 9.17) is 5.73 Å². The number of nitrogens with one attached hydrogen (secondary N) is 1. The van der Waals surface area contributed by atoms with E-state index in [-0.39, 0.29) is 5.82 Å². The Kier molecular flexibility index (Phi) is 3.51. The van der Waals surface area contributed by atoms with Crippen molar-refractivity contribution in [2.45, 2.75) is 6.92 Å². The van der Waals surface area contributed by atoms with Gasteiger partial charge in [-0.1, -0.05) is 29.8 Å². The number of aryl methyl sites for hydroxylation is 1. The van der Waals surface area contributed by atoms with Crippen molar-refractivity contribution in [1.29, 1.82) is 0 Å². The second-order valence-corrected chi connectivity index (χ2v) is 5.71. The number of aromatic amines is 1. The molecular formula is C16H13BrFN3. The van der Waals surface area contributed by atoms with Crippen molar-refractivity contribution in [2.24, 2.45) is 0 Å². The normalized spacial score (nSPS) is 10.8. The van der Waals surface area contributed by atoms with E-state index in [1.54, 1.807) is 12.1 Å². The number of aromatic nitrogens is 2. The lowest BCUT2D eigenvalue weighted by Crippen LogP contribution is -1.89. The molecule has 3 N–H and O–H groups in total. The summed E-state index contributed by atoms with van der Waals surface area (Å²) in [6.45, 7) is 2.03. The summed E-state index contributed by atoms with van der Waals surface area (Å²) in [4.78, 5) is 0. The molecule has 0 aliphatic carbocycles. The van der Waals surface area contributed by atoms with E-state index < -0.39 is 0 Å². The van der Waals surface area contributed by atoms with E-state index in [0.29, 0.717) is 10.3 Å². The molecular weight excluding hydrogens is 333 g/mol. The summed E-state index contributed by atoms with van der Waals surface area (Å²) in [6.07, 6.45) is 0. The van der Waals surface area contributed by atoms with Gasteiger partial charge >= 0.3 is 0 Å². The van der Waals surface area contributed by atoms with E-state index in [9.17, 15) is 4.39 Å².